The Morgan fingerprint density at radius 3 is 2.26 bits per heavy atom. The van der Waals surface area contributed by atoms with Crippen molar-refractivity contribution >= 4 is 11.9 Å². The van der Waals surface area contributed by atoms with E-state index in [-0.39, 0.29) is 28.7 Å². The third kappa shape index (κ3) is 4.36. The van der Waals surface area contributed by atoms with E-state index < -0.39 is 11.3 Å². The van der Waals surface area contributed by atoms with Gasteiger partial charge in [0.2, 0.25) is 5.91 Å². The van der Waals surface area contributed by atoms with E-state index in [1.807, 2.05) is 33.8 Å². The van der Waals surface area contributed by atoms with Crippen LogP contribution < -0.4 is 5.32 Å². The Hall–Kier alpha value is -1.32. The molecule has 0 bridgehead atoms. The molecule has 1 rings (SSSR count). The molecule has 0 saturated heterocycles. The van der Waals surface area contributed by atoms with Crippen LogP contribution in [0.3, 0.4) is 0 Å². The summed E-state index contributed by atoms with van der Waals surface area (Å²) in [5, 5.41) is 3.05. The minimum Gasteiger partial charge on any atom is -0.466 e. The number of allylic oxidation sites excluding steroid dienone is 1. The fourth-order valence-electron chi connectivity index (χ4n) is 3.50. The zero-order chi connectivity index (χ0) is 18.1. The summed E-state index contributed by atoms with van der Waals surface area (Å²) in [5.74, 6) is -0.597. The van der Waals surface area contributed by atoms with Crippen molar-refractivity contribution in [2.24, 2.45) is 22.7 Å². The average Bonchev–Trinajstić information content (AvgIpc) is 2.39. The SMILES string of the molecule is C=CC1CC(C)(C(=O)NC(C)(C)C)C(C(=O)OCC)CC1(C)C. The van der Waals surface area contributed by atoms with Gasteiger partial charge >= 0.3 is 5.97 Å². The molecule has 4 nitrogen and oxygen atoms in total. The number of hydrogen-bond acceptors (Lipinski definition) is 3. The fourth-order valence-corrected chi connectivity index (χ4v) is 3.50. The van der Waals surface area contributed by atoms with Crippen LogP contribution in [-0.2, 0) is 14.3 Å². The molecule has 132 valence electrons. The van der Waals surface area contributed by atoms with Crippen molar-refractivity contribution in [3.05, 3.63) is 12.7 Å². The number of amides is 1. The second kappa shape index (κ2) is 6.66. The molecule has 1 N–H and O–H groups in total. The predicted octanol–water partition coefficient (Wildman–Crippen LogP) is 3.71. The zero-order valence-corrected chi connectivity index (χ0v) is 15.8. The van der Waals surface area contributed by atoms with Gasteiger partial charge in [-0.3, -0.25) is 9.59 Å². The van der Waals surface area contributed by atoms with Gasteiger partial charge in [0, 0.05) is 5.54 Å². The Labute approximate surface area is 141 Å². The van der Waals surface area contributed by atoms with Crippen LogP contribution in [0.1, 0.15) is 61.3 Å². The molecule has 3 atom stereocenters. The molecule has 0 aromatic rings. The molecule has 0 aromatic heterocycles. The quantitative estimate of drug-likeness (QED) is 0.634. The molecule has 4 heteroatoms. The van der Waals surface area contributed by atoms with Gasteiger partial charge in [-0.1, -0.05) is 19.9 Å². The number of rotatable bonds is 4. The summed E-state index contributed by atoms with van der Waals surface area (Å²) in [7, 11) is 0. The molecule has 1 amide bonds. The van der Waals surface area contributed by atoms with Gasteiger partial charge in [0.25, 0.3) is 0 Å². The molecule has 0 heterocycles. The third-order valence-electron chi connectivity index (χ3n) is 5.01. The van der Waals surface area contributed by atoms with E-state index in [9.17, 15) is 9.59 Å². The van der Waals surface area contributed by atoms with E-state index >= 15 is 0 Å². The predicted molar refractivity (Wildman–Crippen MR) is 92.8 cm³/mol. The molecule has 1 aliphatic rings. The summed E-state index contributed by atoms with van der Waals surface area (Å²) in [5.41, 5.74) is -1.20. The first-order valence-corrected chi connectivity index (χ1v) is 8.49. The van der Waals surface area contributed by atoms with Crippen LogP contribution >= 0.6 is 0 Å². The molecule has 0 aliphatic heterocycles. The standard InChI is InChI=1S/C19H33NO3/c1-9-13-11-19(8,16(22)20-17(3,4)5)14(12-18(13,6)7)15(21)23-10-2/h9,13-14H,1,10-12H2,2-8H3,(H,20,22). The highest BCUT2D eigenvalue weighted by Gasteiger charge is 2.55. The van der Waals surface area contributed by atoms with Crippen molar-refractivity contribution in [1.29, 1.82) is 0 Å². The molecule has 23 heavy (non-hydrogen) atoms. The topological polar surface area (TPSA) is 55.4 Å². The first-order valence-electron chi connectivity index (χ1n) is 8.49. The lowest BCUT2D eigenvalue weighted by atomic mass is 9.54. The summed E-state index contributed by atoms with van der Waals surface area (Å²) in [6, 6.07) is 0. The maximum Gasteiger partial charge on any atom is 0.310 e. The van der Waals surface area contributed by atoms with E-state index in [1.54, 1.807) is 6.92 Å². The molecule has 0 spiro atoms. The van der Waals surface area contributed by atoms with E-state index in [0.29, 0.717) is 19.4 Å². The number of carbonyl (C=O) groups is 2. The van der Waals surface area contributed by atoms with E-state index in [1.165, 1.54) is 0 Å². The molecule has 0 radical (unpaired) electrons. The molecule has 3 unspecified atom stereocenters. The van der Waals surface area contributed by atoms with Gasteiger partial charge in [-0.2, -0.15) is 0 Å². The molecule has 1 saturated carbocycles. The lowest BCUT2D eigenvalue weighted by Gasteiger charge is -2.50. The van der Waals surface area contributed by atoms with Crippen LogP contribution in [0.15, 0.2) is 12.7 Å². The summed E-state index contributed by atoms with van der Waals surface area (Å²) >= 11 is 0. The Bertz CT molecular complexity index is 475. The van der Waals surface area contributed by atoms with Gasteiger partial charge in [-0.25, -0.2) is 0 Å². The zero-order valence-electron chi connectivity index (χ0n) is 15.8. The Morgan fingerprint density at radius 2 is 1.83 bits per heavy atom. The van der Waals surface area contributed by atoms with Crippen molar-refractivity contribution in [2.45, 2.75) is 66.8 Å². The van der Waals surface area contributed by atoms with Crippen LogP contribution in [0.4, 0.5) is 0 Å². The van der Waals surface area contributed by atoms with Crippen LogP contribution in [0.25, 0.3) is 0 Å². The number of nitrogens with one attached hydrogen (secondary N) is 1. The number of ether oxygens (including phenoxy) is 1. The minimum absolute atomic E-state index is 0.0783. The van der Waals surface area contributed by atoms with Gasteiger partial charge in [-0.05, 0) is 58.8 Å². The normalized spacial score (nSPS) is 30.4. The van der Waals surface area contributed by atoms with Gasteiger partial charge < -0.3 is 10.1 Å². The van der Waals surface area contributed by atoms with E-state index in [2.05, 4.69) is 25.7 Å². The number of esters is 1. The lowest BCUT2D eigenvalue weighted by molar-refractivity contribution is -0.165. The van der Waals surface area contributed by atoms with Crippen LogP contribution in [0.2, 0.25) is 0 Å². The summed E-state index contributed by atoms with van der Waals surface area (Å²) in [6.45, 7) is 18.1. The highest BCUT2D eigenvalue weighted by molar-refractivity contribution is 5.89. The maximum absolute atomic E-state index is 13.0. The largest absolute Gasteiger partial charge is 0.466 e. The minimum atomic E-state index is -0.784. The molecular formula is C19H33NO3. The molecule has 1 aliphatic carbocycles. The van der Waals surface area contributed by atoms with Crippen molar-refractivity contribution in [1.82, 2.24) is 5.32 Å². The second-order valence-corrected chi connectivity index (χ2v) is 8.67. The Balaban J connectivity index is 3.22. The second-order valence-electron chi connectivity index (χ2n) is 8.67. The molecule has 0 aromatic carbocycles. The smallest absolute Gasteiger partial charge is 0.310 e. The lowest BCUT2D eigenvalue weighted by Crippen LogP contribution is -2.57. The molecular weight excluding hydrogens is 290 g/mol. The average molecular weight is 323 g/mol. The van der Waals surface area contributed by atoms with Crippen molar-refractivity contribution in [3.63, 3.8) is 0 Å². The van der Waals surface area contributed by atoms with Gasteiger partial charge in [0.1, 0.15) is 0 Å². The van der Waals surface area contributed by atoms with Crippen LogP contribution in [0.5, 0.6) is 0 Å². The van der Waals surface area contributed by atoms with Gasteiger partial charge in [-0.15, -0.1) is 6.58 Å². The number of hydrogen-bond donors (Lipinski definition) is 1. The summed E-state index contributed by atoms with van der Waals surface area (Å²) in [6.07, 6.45) is 3.15. The Morgan fingerprint density at radius 1 is 1.26 bits per heavy atom. The monoisotopic (exact) mass is 323 g/mol. The highest BCUT2D eigenvalue weighted by atomic mass is 16.5. The highest BCUT2D eigenvalue weighted by Crippen LogP contribution is 2.53. The van der Waals surface area contributed by atoms with Gasteiger partial charge in [0.05, 0.1) is 17.9 Å². The van der Waals surface area contributed by atoms with Crippen molar-refractivity contribution in [3.8, 4) is 0 Å². The molecule has 1 fully saturated rings. The summed E-state index contributed by atoms with van der Waals surface area (Å²) < 4.78 is 5.27. The maximum atomic E-state index is 13.0. The van der Waals surface area contributed by atoms with Crippen LogP contribution in [0, 0.1) is 22.7 Å². The van der Waals surface area contributed by atoms with E-state index in [0.717, 1.165) is 0 Å². The summed E-state index contributed by atoms with van der Waals surface area (Å²) in [4.78, 5) is 25.5. The fraction of sp³-hybridized carbons (Fsp3) is 0.789. The van der Waals surface area contributed by atoms with E-state index in [4.69, 9.17) is 4.74 Å². The first kappa shape index (κ1) is 19.7. The van der Waals surface area contributed by atoms with Gasteiger partial charge in [0.15, 0.2) is 0 Å². The Kier molecular flexibility index (Phi) is 5.71. The number of carbonyl (C=O) groups excluding carboxylic acids is 2. The van der Waals surface area contributed by atoms with Crippen molar-refractivity contribution < 1.29 is 14.3 Å². The van der Waals surface area contributed by atoms with Crippen molar-refractivity contribution in [2.75, 3.05) is 6.61 Å². The first-order chi connectivity index (χ1) is 10.4. The van der Waals surface area contributed by atoms with Crippen LogP contribution in [-0.4, -0.2) is 24.0 Å². The third-order valence-corrected chi connectivity index (χ3v) is 5.01.